The third-order valence-corrected chi connectivity index (χ3v) is 4.16. The second kappa shape index (κ2) is 7.87. The number of nitrogens with one attached hydrogen (secondary N) is 2. The number of rotatable bonds is 6. The molecule has 0 aromatic heterocycles. The van der Waals surface area contributed by atoms with E-state index >= 15 is 0 Å². The van der Waals surface area contributed by atoms with Crippen LogP contribution in [0.2, 0.25) is 0 Å². The molecule has 2 aromatic carbocycles. The summed E-state index contributed by atoms with van der Waals surface area (Å²) in [5.74, 6) is 1.19. The number of methoxy groups -OCH3 is 2. The summed E-state index contributed by atoms with van der Waals surface area (Å²) in [5, 5.41) is 5.90. The van der Waals surface area contributed by atoms with E-state index in [1.54, 1.807) is 32.4 Å². The SMILES string of the molecule is COc1ccc(OC)c(NCC(=O)Nc2ccc(C)c(Br)c2)c1. The van der Waals surface area contributed by atoms with Crippen molar-refractivity contribution in [2.45, 2.75) is 6.92 Å². The molecule has 2 N–H and O–H groups in total. The first-order valence-corrected chi connectivity index (χ1v) is 7.84. The lowest BCUT2D eigenvalue weighted by molar-refractivity contribution is -0.114. The average Bonchev–Trinajstić information content (AvgIpc) is 2.56. The fourth-order valence-electron chi connectivity index (χ4n) is 2.00. The smallest absolute Gasteiger partial charge is 0.243 e. The monoisotopic (exact) mass is 378 g/mol. The maximum Gasteiger partial charge on any atom is 0.243 e. The number of carbonyl (C=O) groups is 1. The summed E-state index contributed by atoms with van der Waals surface area (Å²) in [5.41, 5.74) is 2.56. The largest absolute Gasteiger partial charge is 0.497 e. The van der Waals surface area contributed by atoms with Crippen molar-refractivity contribution in [3.8, 4) is 11.5 Å². The van der Waals surface area contributed by atoms with Gasteiger partial charge < -0.3 is 20.1 Å². The van der Waals surface area contributed by atoms with Crippen molar-refractivity contribution in [3.63, 3.8) is 0 Å². The van der Waals surface area contributed by atoms with E-state index in [-0.39, 0.29) is 12.5 Å². The summed E-state index contributed by atoms with van der Waals surface area (Å²) >= 11 is 3.45. The van der Waals surface area contributed by atoms with E-state index in [1.807, 2.05) is 25.1 Å². The Balaban J connectivity index is 2.00. The Hall–Kier alpha value is -2.21. The number of aryl methyl sites for hydroxylation is 1. The van der Waals surface area contributed by atoms with E-state index < -0.39 is 0 Å². The molecule has 2 rings (SSSR count). The van der Waals surface area contributed by atoms with Crippen molar-refractivity contribution in [1.29, 1.82) is 0 Å². The molecule has 0 aliphatic heterocycles. The molecule has 1 amide bonds. The molecule has 0 radical (unpaired) electrons. The van der Waals surface area contributed by atoms with E-state index in [9.17, 15) is 4.79 Å². The summed E-state index contributed by atoms with van der Waals surface area (Å²) in [4.78, 5) is 12.1. The van der Waals surface area contributed by atoms with Crippen LogP contribution in [-0.4, -0.2) is 26.7 Å². The first kappa shape index (κ1) is 17.1. The number of carbonyl (C=O) groups excluding carboxylic acids is 1. The molecule has 0 heterocycles. The van der Waals surface area contributed by atoms with Gasteiger partial charge in [-0.15, -0.1) is 0 Å². The van der Waals surface area contributed by atoms with Gasteiger partial charge in [-0.05, 0) is 36.8 Å². The van der Waals surface area contributed by atoms with Crippen LogP contribution < -0.4 is 20.1 Å². The van der Waals surface area contributed by atoms with E-state index in [0.717, 1.165) is 15.7 Å². The summed E-state index contributed by atoms with van der Waals surface area (Å²) in [6.45, 7) is 2.11. The Bertz CT molecular complexity index is 704. The maximum atomic E-state index is 12.1. The summed E-state index contributed by atoms with van der Waals surface area (Å²) in [7, 11) is 3.17. The minimum Gasteiger partial charge on any atom is -0.497 e. The average molecular weight is 379 g/mol. The van der Waals surface area contributed by atoms with E-state index in [1.165, 1.54) is 0 Å². The molecule has 0 unspecified atom stereocenters. The number of hydrogen-bond donors (Lipinski definition) is 2. The third kappa shape index (κ3) is 4.63. The van der Waals surface area contributed by atoms with Crippen molar-refractivity contribution in [1.82, 2.24) is 0 Å². The molecule has 0 aliphatic rings. The van der Waals surface area contributed by atoms with Gasteiger partial charge in [0.2, 0.25) is 5.91 Å². The molecular formula is C17H19BrN2O3. The van der Waals surface area contributed by atoms with Gasteiger partial charge >= 0.3 is 0 Å². The maximum absolute atomic E-state index is 12.1. The Morgan fingerprint density at radius 1 is 1.13 bits per heavy atom. The lowest BCUT2D eigenvalue weighted by Crippen LogP contribution is -2.22. The second-order valence-electron chi connectivity index (χ2n) is 4.93. The van der Waals surface area contributed by atoms with Crippen LogP contribution in [0.5, 0.6) is 11.5 Å². The molecule has 0 bridgehead atoms. The standard InChI is InChI=1S/C17H19BrN2O3/c1-11-4-5-12(8-14(11)18)20-17(21)10-19-15-9-13(22-2)6-7-16(15)23-3/h4-9,19H,10H2,1-3H3,(H,20,21). The second-order valence-corrected chi connectivity index (χ2v) is 5.79. The number of benzene rings is 2. The highest BCUT2D eigenvalue weighted by molar-refractivity contribution is 9.10. The zero-order valence-corrected chi connectivity index (χ0v) is 14.9. The normalized spacial score (nSPS) is 10.1. The van der Waals surface area contributed by atoms with Gasteiger partial charge in [0.25, 0.3) is 0 Å². The first-order chi connectivity index (χ1) is 11.0. The molecule has 0 fully saturated rings. The van der Waals surface area contributed by atoms with Crippen molar-refractivity contribution in [2.75, 3.05) is 31.4 Å². The predicted molar refractivity (Wildman–Crippen MR) is 95.5 cm³/mol. The van der Waals surface area contributed by atoms with Crippen LogP contribution in [0.3, 0.4) is 0 Å². The molecule has 0 aliphatic carbocycles. The van der Waals surface area contributed by atoms with E-state index in [2.05, 4.69) is 26.6 Å². The zero-order chi connectivity index (χ0) is 16.8. The van der Waals surface area contributed by atoms with Crippen LogP contribution in [-0.2, 0) is 4.79 Å². The quantitative estimate of drug-likeness (QED) is 0.801. The molecule has 2 aromatic rings. The van der Waals surface area contributed by atoms with E-state index in [0.29, 0.717) is 17.2 Å². The summed E-state index contributed by atoms with van der Waals surface area (Å²) in [6.07, 6.45) is 0. The fourth-order valence-corrected chi connectivity index (χ4v) is 2.38. The Morgan fingerprint density at radius 3 is 2.57 bits per heavy atom. The van der Waals surface area contributed by atoms with Crippen LogP contribution in [0.1, 0.15) is 5.56 Å². The van der Waals surface area contributed by atoms with Gasteiger partial charge in [-0.2, -0.15) is 0 Å². The zero-order valence-electron chi connectivity index (χ0n) is 13.3. The van der Waals surface area contributed by atoms with E-state index in [4.69, 9.17) is 9.47 Å². The lowest BCUT2D eigenvalue weighted by atomic mass is 10.2. The minimum atomic E-state index is -0.148. The predicted octanol–water partition coefficient (Wildman–Crippen LogP) is 3.83. The number of ether oxygens (including phenoxy) is 2. The summed E-state index contributed by atoms with van der Waals surface area (Å²) in [6, 6.07) is 11.1. The number of amides is 1. The van der Waals surface area contributed by atoms with Gasteiger partial charge in [-0.3, -0.25) is 4.79 Å². The molecule has 23 heavy (non-hydrogen) atoms. The Kier molecular flexibility index (Phi) is 5.87. The van der Waals surface area contributed by atoms with Gasteiger partial charge in [-0.1, -0.05) is 22.0 Å². The molecule has 0 saturated heterocycles. The van der Waals surface area contributed by atoms with Crippen LogP contribution in [0.4, 0.5) is 11.4 Å². The first-order valence-electron chi connectivity index (χ1n) is 7.05. The van der Waals surface area contributed by atoms with Crippen LogP contribution in [0, 0.1) is 6.92 Å². The highest BCUT2D eigenvalue weighted by Gasteiger charge is 2.08. The number of anilines is 2. The Morgan fingerprint density at radius 2 is 1.91 bits per heavy atom. The Labute approximate surface area is 144 Å². The van der Waals surface area contributed by atoms with Gasteiger partial charge in [0.15, 0.2) is 0 Å². The highest BCUT2D eigenvalue weighted by Crippen LogP contribution is 2.28. The van der Waals surface area contributed by atoms with Crippen molar-refractivity contribution >= 4 is 33.2 Å². The molecular weight excluding hydrogens is 360 g/mol. The number of halogens is 1. The fraction of sp³-hybridized carbons (Fsp3) is 0.235. The molecule has 5 nitrogen and oxygen atoms in total. The van der Waals surface area contributed by atoms with Crippen LogP contribution in [0.15, 0.2) is 40.9 Å². The summed E-state index contributed by atoms with van der Waals surface area (Å²) < 4.78 is 11.4. The number of hydrogen-bond acceptors (Lipinski definition) is 4. The van der Waals surface area contributed by atoms with Gasteiger partial charge in [0.1, 0.15) is 11.5 Å². The minimum absolute atomic E-state index is 0.120. The molecule has 0 spiro atoms. The molecule has 0 saturated carbocycles. The lowest BCUT2D eigenvalue weighted by Gasteiger charge is -2.13. The molecule has 0 atom stereocenters. The van der Waals surface area contributed by atoms with Gasteiger partial charge in [0, 0.05) is 16.2 Å². The topological polar surface area (TPSA) is 59.6 Å². The van der Waals surface area contributed by atoms with Gasteiger partial charge in [0.05, 0.1) is 26.5 Å². The van der Waals surface area contributed by atoms with Crippen molar-refractivity contribution < 1.29 is 14.3 Å². The third-order valence-electron chi connectivity index (χ3n) is 3.30. The highest BCUT2D eigenvalue weighted by atomic mass is 79.9. The molecule has 6 heteroatoms. The van der Waals surface area contributed by atoms with Crippen molar-refractivity contribution in [3.05, 3.63) is 46.4 Å². The van der Waals surface area contributed by atoms with Gasteiger partial charge in [-0.25, -0.2) is 0 Å². The van der Waals surface area contributed by atoms with Crippen LogP contribution in [0.25, 0.3) is 0 Å². The van der Waals surface area contributed by atoms with Crippen LogP contribution >= 0.6 is 15.9 Å². The molecule has 122 valence electrons. The van der Waals surface area contributed by atoms with Crippen molar-refractivity contribution in [2.24, 2.45) is 0 Å².